The molecule has 0 saturated carbocycles. The first kappa shape index (κ1) is 10.4. The van der Waals surface area contributed by atoms with Gasteiger partial charge in [-0.15, -0.1) is 0 Å². The van der Waals surface area contributed by atoms with Crippen LogP contribution in [0.1, 0.15) is 20.8 Å². The fraction of sp³-hybridized carbons (Fsp3) is 0.714. The summed E-state index contributed by atoms with van der Waals surface area (Å²) in [5, 5.41) is 3.32. The van der Waals surface area contributed by atoms with Gasteiger partial charge in [0, 0.05) is 39.8 Å². The Bertz CT molecular complexity index is 154. The van der Waals surface area contributed by atoms with Crippen molar-refractivity contribution < 1.29 is 37.3 Å². The average Bonchev–Trinajstić information content (AvgIpc) is 1.98. The number of amidine groups is 1. The summed E-state index contributed by atoms with van der Waals surface area (Å²) in [4.78, 5) is 0. The zero-order valence-electron chi connectivity index (χ0n) is 7.10. The van der Waals surface area contributed by atoms with E-state index in [0.29, 0.717) is 6.04 Å². The molecule has 0 aromatic carbocycles. The van der Waals surface area contributed by atoms with Crippen LogP contribution < -0.4 is 5.32 Å². The molecule has 1 unspecified atom stereocenters. The minimum Gasteiger partial charge on any atom is -0.395 e. The Morgan fingerprint density at radius 2 is 2.10 bits per heavy atom. The van der Waals surface area contributed by atoms with Crippen molar-refractivity contribution in [3.8, 4) is 0 Å². The second-order valence-corrected chi connectivity index (χ2v) is 2.65. The molecule has 0 aliphatic carbocycles. The van der Waals surface area contributed by atoms with Crippen LogP contribution in [0.15, 0.2) is 0 Å². The van der Waals surface area contributed by atoms with Gasteiger partial charge in [0.25, 0.3) is 0 Å². The molecule has 10 heavy (non-hydrogen) atoms. The largest absolute Gasteiger partial charge is 0.395 e. The molecule has 0 spiro atoms. The van der Waals surface area contributed by atoms with E-state index in [-0.39, 0.29) is 32.7 Å². The molecular formula is C7H14N2Y. The van der Waals surface area contributed by atoms with E-state index in [0.717, 1.165) is 0 Å². The number of rotatable bonds is 0. The van der Waals surface area contributed by atoms with Crippen LogP contribution in [-0.4, -0.2) is 23.5 Å². The minimum atomic E-state index is 0. The number of hydrogen-bond acceptors (Lipinski definition) is 1. The number of likely N-dealkylation sites (N-methyl/N-ethyl adjacent to an activating group) is 1. The molecule has 3 heteroatoms. The van der Waals surface area contributed by atoms with Crippen molar-refractivity contribution in [1.29, 1.82) is 0 Å². The molecule has 0 bridgehead atoms. The third kappa shape index (κ3) is 1.73. The van der Waals surface area contributed by atoms with Gasteiger partial charge in [0.05, 0.1) is 11.9 Å². The summed E-state index contributed by atoms with van der Waals surface area (Å²) in [6, 6.07) is 1.92. The van der Waals surface area contributed by atoms with E-state index >= 15 is 0 Å². The minimum absolute atomic E-state index is 0. The topological polar surface area (TPSA) is 15.0 Å². The Hall–Kier alpha value is 0.444. The van der Waals surface area contributed by atoms with Gasteiger partial charge in [-0.3, -0.25) is 0 Å². The van der Waals surface area contributed by atoms with Crippen molar-refractivity contribution in [2.75, 3.05) is 7.05 Å². The molecule has 0 aromatic heterocycles. The zero-order valence-corrected chi connectivity index (χ0v) is 9.94. The van der Waals surface area contributed by atoms with Crippen LogP contribution in [0.2, 0.25) is 0 Å². The summed E-state index contributed by atoms with van der Waals surface area (Å²) in [6.07, 6.45) is 0. The second kappa shape index (κ2) is 3.73. The molecule has 1 N–H and O–H groups in total. The maximum Gasteiger partial charge on any atom is 0.0997 e. The van der Waals surface area contributed by atoms with Gasteiger partial charge in [-0.25, -0.2) is 0 Å². The monoisotopic (exact) mass is 215 g/mol. The zero-order chi connectivity index (χ0) is 7.02. The van der Waals surface area contributed by atoms with Gasteiger partial charge in [0.2, 0.25) is 0 Å². The molecule has 1 radical (unpaired) electrons. The third-order valence-corrected chi connectivity index (χ3v) is 2.08. The van der Waals surface area contributed by atoms with E-state index in [2.05, 4.69) is 37.7 Å². The summed E-state index contributed by atoms with van der Waals surface area (Å²) in [6.45, 7) is 6.41. The molecule has 1 atom stereocenters. The van der Waals surface area contributed by atoms with Crippen LogP contribution in [0, 0.1) is 6.04 Å². The van der Waals surface area contributed by atoms with Gasteiger partial charge in [-0.05, 0) is 19.9 Å². The fourth-order valence-corrected chi connectivity index (χ4v) is 1.07. The van der Waals surface area contributed by atoms with E-state index in [4.69, 9.17) is 0 Å². The smallest absolute Gasteiger partial charge is 0.0997 e. The van der Waals surface area contributed by atoms with Gasteiger partial charge in [-0.2, -0.15) is 0 Å². The van der Waals surface area contributed by atoms with Gasteiger partial charge in [0.1, 0.15) is 0 Å². The van der Waals surface area contributed by atoms with E-state index in [1.54, 1.807) is 0 Å². The number of hydrogen-bond donors (Lipinski definition) is 1. The standard InChI is InChI=1S/C7H14N2.Y/c1-5-6(2)9(4)7(3)8-5;/h5,8H,1-4H3;. The van der Waals surface area contributed by atoms with Gasteiger partial charge >= 0.3 is 0 Å². The van der Waals surface area contributed by atoms with Crippen molar-refractivity contribution in [3.63, 3.8) is 0 Å². The first-order chi connectivity index (χ1) is 4.13. The van der Waals surface area contributed by atoms with Crippen LogP contribution in [-0.2, 0) is 32.7 Å². The van der Waals surface area contributed by atoms with E-state index in [1.807, 2.05) is 0 Å². The van der Waals surface area contributed by atoms with Gasteiger partial charge in [0.15, 0.2) is 0 Å². The molecule has 1 aliphatic heterocycles. The summed E-state index contributed by atoms with van der Waals surface area (Å²) >= 11 is 0. The van der Waals surface area contributed by atoms with Crippen LogP contribution in [0.3, 0.4) is 0 Å². The van der Waals surface area contributed by atoms with Gasteiger partial charge in [-0.1, -0.05) is 6.92 Å². The molecule has 55 valence electrons. The SMILES string of the molecule is CC1=[N+](C)[C-](C)C(C)N1.[Y]. The Kier molecular flexibility index (Phi) is 3.89. The molecule has 0 fully saturated rings. The Morgan fingerprint density at radius 1 is 1.60 bits per heavy atom. The molecule has 0 amide bonds. The number of nitrogens with zero attached hydrogens (tertiary/aromatic N) is 1. The molecule has 0 saturated heterocycles. The molecule has 2 nitrogen and oxygen atoms in total. The summed E-state index contributed by atoms with van der Waals surface area (Å²) < 4.78 is 2.19. The predicted molar refractivity (Wildman–Crippen MR) is 38.4 cm³/mol. The van der Waals surface area contributed by atoms with Crippen molar-refractivity contribution in [3.05, 3.63) is 6.04 Å². The normalized spacial score (nSPS) is 24.4. The van der Waals surface area contributed by atoms with Crippen LogP contribution >= 0.6 is 0 Å². The summed E-state index contributed by atoms with van der Waals surface area (Å²) in [5.41, 5.74) is 0. The van der Waals surface area contributed by atoms with Crippen molar-refractivity contribution in [2.24, 2.45) is 0 Å². The maximum absolute atomic E-state index is 3.32. The first-order valence-corrected chi connectivity index (χ1v) is 3.30. The Morgan fingerprint density at radius 3 is 2.20 bits per heavy atom. The van der Waals surface area contributed by atoms with Crippen molar-refractivity contribution in [2.45, 2.75) is 26.8 Å². The van der Waals surface area contributed by atoms with Crippen molar-refractivity contribution >= 4 is 5.84 Å². The van der Waals surface area contributed by atoms with E-state index in [1.165, 1.54) is 11.9 Å². The molecule has 1 aliphatic rings. The van der Waals surface area contributed by atoms with Gasteiger partial charge < -0.3 is 9.89 Å². The Labute approximate surface area is 88.0 Å². The van der Waals surface area contributed by atoms with Crippen molar-refractivity contribution in [1.82, 2.24) is 5.32 Å². The second-order valence-electron chi connectivity index (χ2n) is 2.65. The van der Waals surface area contributed by atoms with Crippen LogP contribution in [0.4, 0.5) is 0 Å². The molecule has 1 heterocycles. The van der Waals surface area contributed by atoms with Crippen LogP contribution in [0.5, 0.6) is 0 Å². The first-order valence-electron chi connectivity index (χ1n) is 3.30. The van der Waals surface area contributed by atoms with E-state index in [9.17, 15) is 0 Å². The summed E-state index contributed by atoms with van der Waals surface area (Å²) in [7, 11) is 2.08. The predicted octanol–water partition coefficient (Wildman–Crippen LogP) is 0.588. The average molecular weight is 215 g/mol. The number of nitrogens with one attached hydrogen (secondary N) is 1. The fourth-order valence-electron chi connectivity index (χ4n) is 1.07. The molecule has 0 aromatic rings. The summed E-state index contributed by atoms with van der Waals surface area (Å²) in [5.74, 6) is 1.25. The third-order valence-electron chi connectivity index (χ3n) is 2.08. The quantitative estimate of drug-likeness (QED) is 0.461. The molecule has 1 rings (SSSR count). The maximum atomic E-state index is 3.32. The molecular weight excluding hydrogens is 201 g/mol. The van der Waals surface area contributed by atoms with E-state index < -0.39 is 0 Å². The van der Waals surface area contributed by atoms with Crippen LogP contribution in [0.25, 0.3) is 0 Å². The Balaban J connectivity index is 0.000000810.